The molecule has 0 bridgehead atoms. The van der Waals surface area contributed by atoms with Crippen molar-refractivity contribution in [2.75, 3.05) is 0 Å². The lowest BCUT2D eigenvalue weighted by Crippen LogP contribution is -2.09. The molecule has 0 aromatic heterocycles. The van der Waals surface area contributed by atoms with Crippen molar-refractivity contribution in [2.45, 2.75) is 6.61 Å². The molecule has 0 fully saturated rings. The van der Waals surface area contributed by atoms with Crippen LogP contribution < -0.4 is 10.5 Å². The number of nitrogens with two attached hydrogens (primary N) is 1. The molecule has 0 amide bonds. The highest BCUT2D eigenvalue weighted by Gasteiger charge is 2.03. The van der Waals surface area contributed by atoms with Crippen molar-refractivity contribution in [3.8, 4) is 5.75 Å². The van der Waals surface area contributed by atoms with Crippen molar-refractivity contribution in [2.24, 2.45) is 5.73 Å². The Labute approximate surface area is 114 Å². The van der Waals surface area contributed by atoms with Crippen LogP contribution in [0.1, 0.15) is 11.1 Å². The van der Waals surface area contributed by atoms with E-state index in [2.05, 4.69) is 0 Å². The normalized spacial score (nSPS) is 10.2. The second kappa shape index (κ2) is 5.75. The molecule has 0 saturated carbocycles. The van der Waals surface area contributed by atoms with Crippen LogP contribution in [-0.2, 0) is 6.61 Å². The van der Waals surface area contributed by atoms with E-state index in [0.717, 1.165) is 6.07 Å². The Hall–Kier alpha value is -2.01. The van der Waals surface area contributed by atoms with Gasteiger partial charge in [0.05, 0.1) is 0 Å². The van der Waals surface area contributed by atoms with Gasteiger partial charge in [0.25, 0.3) is 0 Å². The van der Waals surface area contributed by atoms with Gasteiger partial charge >= 0.3 is 0 Å². The monoisotopic (exact) mass is 279 g/mol. The first-order chi connectivity index (χ1) is 9.04. The zero-order valence-corrected chi connectivity index (χ0v) is 10.7. The summed E-state index contributed by atoms with van der Waals surface area (Å²) < 4.78 is 31.4. The summed E-state index contributed by atoms with van der Waals surface area (Å²) >= 11 is 4.86. The van der Waals surface area contributed by atoms with Gasteiger partial charge < -0.3 is 10.5 Å². The zero-order chi connectivity index (χ0) is 13.8. The molecule has 2 aromatic rings. The average Bonchev–Trinajstić information content (AvgIpc) is 2.35. The first-order valence-electron chi connectivity index (χ1n) is 5.52. The van der Waals surface area contributed by atoms with Gasteiger partial charge in [-0.2, -0.15) is 0 Å². The molecular formula is C14H11F2NOS. The van der Waals surface area contributed by atoms with Crippen molar-refractivity contribution in [1.29, 1.82) is 0 Å². The minimum atomic E-state index is -0.629. The molecule has 0 unspecified atom stereocenters. The fourth-order valence-corrected chi connectivity index (χ4v) is 1.73. The third kappa shape index (κ3) is 3.72. The summed E-state index contributed by atoms with van der Waals surface area (Å²) in [5, 5.41) is 0. The molecule has 2 N–H and O–H groups in total. The highest BCUT2D eigenvalue weighted by molar-refractivity contribution is 7.80. The van der Waals surface area contributed by atoms with Crippen molar-refractivity contribution < 1.29 is 13.5 Å². The van der Waals surface area contributed by atoms with Gasteiger partial charge in [0.2, 0.25) is 0 Å². The molecule has 19 heavy (non-hydrogen) atoms. The summed E-state index contributed by atoms with van der Waals surface area (Å²) in [5.74, 6) is -0.721. The average molecular weight is 279 g/mol. The summed E-state index contributed by atoms with van der Waals surface area (Å²) in [6.45, 7) is 0.0649. The SMILES string of the molecule is NC(=S)c1cccc(OCc2cc(F)cc(F)c2)c1. The smallest absolute Gasteiger partial charge is 0.126 e. The lowest BCUT2D eigenvalue weighted by atomic mass is 10.2. The maximum absolute atomic E-state index is 13.0. The minimum Gasteiger partial charge on any atom is -0.489 e. The van der Waals surface area contributed by atoms with Gasteiger partial charge in [0, 0.05) is 11.6 Å². The lowest BCUT2D eigenvalue weighted by Gasteiger charge is -2.08. The third-order valence-electron chi connectivity index (χ3n) is 2.45. The van der Waals surface area contributed by atoms with Crippen LogP contribution in [0.2, 0.25) is 0 Å². The molecule has 0 aliphatic heterocycles. The van der Waals surface area contributed by atoms with Crippen LogP contribution in [-0.4, -0.2) is 4.99 Å². The Balaban J connectivity index is 2.10. The topological polar surface area (TPSA) is 35.2 Å². The molecule has 0 radical (unpaired) electrons. The van der Waals surface area contributed by atoms with Gasteiger partial charge in [-0.1, -0.05) is 24.4 Å². The van der Waals surface area contributed by atoms with Crippen molar-refractivity contribution >= 4 is 17.2 Å². The fourth-order valence-electron chi connectivity index (χ4n) is 1.60. The largest absolute Gasteiger partial charge is 0.489 e. The second-order valence-corrected chi connectivity index (χ2v) is 4.40. The minimum absolute atomic E-state index is 0.0649. The first kappa shape index (κ1) is 13.4. The summed E-state index contributed by atoms with van der Waals surface area (Å²) in [5.41, 5.74) is 6.60. The summed E-state index contributed by atoms with van der Waals surface area (Å²) in [4.78, 5) is 0.266. The fraction of sp³-hybridized carbons (Fsp3) is 0.0714. The third-order valence-corrected chi connectivity index (χ3v) is 2.68. The molecule has 98 valence electrons. The number of hydrogen-bond donors (Lipinski definition) is 1. The Morgan fingerprint density at radius 2 is 1.79 bits per heavy atom. The number of thiocarbonyl (C=S) groups is 1. The Morgan fingerprint density at radius 3 is 2.42 bits per heavy atom. The van der Waals surface area contributed by atoms with Gasteiger partial charge in [-0.25, -0.2) is 8.78 Å². The molecule has 0 saturated heterocycles. The van der Waals surface area contributed by atoms with Crippen LogP contribution in [0.15, 0.2) is 42.5 Å². The number of rotatable bonds is 4. The molecule has 2 rings (SSSR count). The van der Waals surface area contributed by atoms with E-state index in [9.17, 15) is 8.78 Å². The van der Waals surface area contributed by atoms with Gasteiger partial charge in [-0.3, -0.25) is 0 Å². The standard InChI is InChI=1S/C14H11F2NOS/c15-11-4-9(5-12(16)7-11)8-18-13-3-1-2-10(6-13)14(17)19/h1-7H,8H2,(H2,17,19). The Bertz CT molecular complexity index is 596. The van der Waals surface area contributed by atoms with Crippen LogP contribution in [0.4, 0.5) is 8.78 Å². The van der Waals surface area contributed by atoms with E-state index >= 15 is 0 Å². The predicted molar refractivity (Wildman–Crippen MR) is 73.0 cm³/mol. The van der Waals surface area contributed by atoms with E-state index < -0.39 is 11.6 Å². The van der Waals surface area contributed by atoms with E-state index in [4.69, 9.17) is 22.7 Å². The predicted octanol–water partition coefficient (Wildman–Crippen LogP) is 3.18. The maximum atomic E-state index is 13.0. The van der Waals surface area contributed by atoms with Gasteiger partial charge in [0.15, 0.2) is 0 Å². The van der Waals surface area contributed by atoms with E-state index in [-0.39, 0.29) is 11.6 Å². The second-order valence-electron chi connectivity index (χ2n) is 3.96. The van der Waals surface area contributed by atoms with E-state index in [1.54, 1.807) is 24.3 Å². The van der Waals surface area contributed by atoms with Crippen LogP contribution >= 0.6 is 12.2 Å². The number of halogens is 2. The van der Waals surface area contributed by atoms with E-state index in [0.29, 0.717) is 16.9 Å². The van der Waals surface area contributed by atoms with Crippen molar-refractivity contribution in [3.63, 3.8) is 0 Å². The maximum Gasteiger partial charge on any atom is 0.126 e. The molecule has 2 nitrogen and oxygen atoms in total. The number of benzene rings is 2. The van der Waals surface area contributed by atoms with Crippen molar-refractivity contribution in [1.82, 2.24) is 0 Å². The summed E-state index contributed by atoms with van der Waals surface area (Å²) in [7, 11) is 0. The van der Waals surface area contributed by atoms with Gasteiger partial charge in [-0.15, -0.1) is 0 Å². The number of hydrogen-bond acceptors (Lipinski definition) is 2. The van der Waals surface area contributed by atoms with E-state index in [1.807, 2.05) is 0 Å². The molecular weight excluding hydrogens is 268 g/mol. The molecule has 5 heteroatoms. The molecule has 0 atom stereocenters. The highest BCUT2D eigenvalue weighted by Crippen LogP contribution is 2.16. The van der Waals surface area contributed by atoms with Gasteiger partial charge in [0.1, 0.15) is 29.0 Å². The quantitative estimate of drug-likeness (QED) is 0.873. The molecule has 0 spiro atoms. The van der Waals surface area contributed by atoms with Crippen molar-refractivity contribution in [3.05, 3.63) is 65.2 Å². The molecule has 2 aromatic carbocycles. The van der Waals surface area contributed by atoms with Crippen LogP contribution in [0, 0.1) is 11.6 Å². The molecule has 0 aliphatic carbocycles. The Kier molecular flexibility index (Phi) is 4.06. The van der Waals surface area contributed by atoms with Crippen LogP contribution in [0.5, 0.6) is 5.75 Å². The van der Waals surface area contributed by atoms with Crippen LogP contribution in [0.3, 0.4) is 0 Å². The van der Waals surface area contributed by atoms with E-state index in [1.165, 1.54) is 12.1 Å². The first-order valence-corrected chi connectivity index (χ1v) is 5.93. The lowest BCUT2D eigenvalue weighted by molar-refractivity contribution is 0.304. The van der Waals surface area contributed by atoms with Gasteiger partial charge in [-0.05, 0) is 29.8 Å². The summed E-state index contributed by atoms with van der Waals surface area (Å²) in [6.07, 6.45) is 0. The Morgan fingerprint density at radius 1 is 1.11 bits per heavy atom. The highest BCUT2D eigenvalue weighted by atomic mass is 32.1. The molecule has 0 heterocycles. The van der Waals surface area contributed by atoms with Crippen LogP contribution in [0.25, 0.3) is 0 Å². The summed E-state index contributed by atoms with van der Waals surface area (Å²) in [6, 6.07) is 10.2. The number of ether oxygens (including phenoxy) is 1. The molecule has 0 aliphatic rings. The zero-order valence-electron chi connectivity index (χ0n) is 9.90.